The number of fused-ring (bicyclic) bond motifs is 1. The molecule has 0 bridgehead atoms. The first-order valence-corrected chi connectivity index (χ1v) is 17.3. The van der Waals surface area contributed by atoms with Crippen LogP contribution in [0.4, 0.5) is 0 Å². The third-order valence-electron chi connectivity index (χ3n) is 8.57. The lowest BCUT2D eigenvalue weighted by Crippen LogP contribution is -2.50. The molecule has 0 radical (unpaired) electrons. The number of amides is 4. The van der Waals surface area contributed by atoms with Crippen LogP contribution in [0.2, 0.25) is 0 Å². The van der Waals surface area contributed by atoms with Gasteiger partial charge in [0, 0.05) is 39.5 Å². The van der Waals surface area contributed by atoms with Crippen molar-refractivity contribution in [1.82, 2.24) is 25.8 Å². The molecule has 1 aliphatic heterocycles. The third kappa shape index (κ3) is 13.8. The smallest absolute Gasteiger partial charge is 0.255 e. The topological polar surface area (TPSA) is 120 Å². The molecule has 3 N–H and O–H groups in total. The molecule has 2 aromatic carbocycles. The summed E-state index contributed by atoms with van der Waals surface area (Å²) in [5, 5.41) is 8.81. The van der Waals surface area contributed by atoms with Gasteiger partial charge in [0.15, 0.2) is 0 Å². The zero-order valence-corrected chi connectivity index (χ0v) is 28.6. The second-order valence-electron chi connectivity index (χ2n) is 12.7. The van der Waals surface area contributed by atoms with E-state index in [1.54, 1.807) is 25.2 Å². The second-order valence-corrected chi connectivity index (χ2v) is 12.7. The van der Waals surface area contributed by atoms with E-state index in [-0.39, 0.29) is 30.6 Å². The largest absolute Gasteiger partial charge is 0.493 e. The molecule has 1 aliphatic rings. The number of hydrogen-bond donors (Lipinski definition) is 3. The molecule has 0 fully saturated rings. The van der Waals surface area contributed by atoms with Gasteiger partial charge < -0.3 is 30.5 Å². The van der Waals surface area contributed by atoms with Gasteiger partial charge in [0.05, 0.1) is 12.2 Å². The highest BCUT2D eigenvalue weighted by molar-refractivity contribution is 5.99. The van der Waals surface area contributed by atoms with Gasteiger partial charge >= 0.3 is 0 Å². The van der Waals surface area contributed by atoms with Crippen molar-refractivity contribution < 1.29 is 23.9 Å². The van der Waals surface area contributed by atoms with E-state index in [2.05, 4.69) is 16.0 Å². The average molecular weight is 650 g/mol. The molecule has 2 atom stereocenters. The van der Waals surface area contributed by atoms with Crippen molar-refractivity contribution in [2.75, 3.05) is 47.4 Å². The van der Waals surface area contributed by atoms with Gasteiger partial charge in [-0.1, -0.05) is 87.4 Å². The van der Waals surface area contributed by atoms with E-state index >= 15 is 0 Å². The molecule has 2 aromatic rings. The number of carbonyl (C=O) groups excluding carboxylic acids is 4. The van der Waals surface area contributed by atoms with Gasteiger partial charge in [-0.25, -0.2) is 0 Å². The Labute approximate surface area is 281 Å². The molecule has 1 heterocycles. The summed E-state index contributed by atoms with van der Waals surface area (Å²) >= 11 is 0. The first-order chi connectivity index (χ1) is 22.8. The molecule has 0 saturated carbocycles. The fourth-order valence-corrected chi connectivity index (χ4v) is 5.65. The number of likely N-dealkylation sites (N-methyl/N-ethyl adjacent to an activating group) is 2. The molecule has 0 aromatic heterocycles. The number of nitrogens with one attached hydrogen (secondary N) is 3. The van der Waals surface area contributed by atoms with Crippen molar-refractivity contribution in [2.45, 2.75) is 89.1 Å². The Kier molecular flexibility index (Phi) is 16.8. The molecule has 3 rings (SSSR count). The number of para-hydroxylation sites is 1. The van der Waals surface area contributed by atoms with Gasteiger partial charge in [0.1, 0.15) is 17.8 Å². The van der Waals surface area contributed by atoms with Crippen LogP contribution in [-0.4, -0.2) is 92.9 Å². The Hall–Kier alpha value is -3.92. The molecule has 10 heteroatoms. The van der Waals surface area contributed by atoms with Gasteiger partial charge in [-0.15, -0.1) is 0 Å². The maximum Gasteiger partial charge on any atom is 0.255 e. The highest BCUT2D eigenvalue weighted by Crippen LogP contribution is 2.20. The fourth-order valence-electron chi connectivity index (χ4n) is 5.65. The molecular weight excluding hydrogens is 594 g/mol. The van der Waals surface area contributed by atoms with Gasteiger partial charge in [0.25, 0.3) is 5.91 Å². The molecule has 0 unspecified atom stereocenters. The van der Waals surface area contributed by atoms with Crippen LogP contribution in [-0.2, 0) is 20.8 Å². The minimum absolute atomic E-state index is 0.0285. The van der Waals surface area contributed by atoms with E-state index in [0.29, 0.717) is 44.0 Å². The Morgan fingerprint density at radius 3 is 2.23 bits per heavy atom. The van der Waals surface area contributed by atoms with E-state index in [1.807, 2.05) is 55.4 Å². The van der Waals surface area contributed by atoms with Crippen molar-refractivity contribution in [3.05, 3.63) is 65.7 Å². The number of ether oxygens (including phenoxy) is 1. The number of carbonyl (C=O) groups is 4. The van der Waals surface area contributed by atoms with Crippen LogP contribution in [0.3, 0.4) is 0 Å². The van der Waals surface area contributed by atoms with Gasteiger partial charge in [-0.2, -0.15) is 0 Å². The predicted octanol–water partition coefficient (Wildman–Crippen LogP) is 4.33. The minimum atomic E-state index is -0.956. The summed E-state index contributed by atoms with van der Waals surface area (Å²) in [5.74, 6) is -0.808. The second kappa shape index (κ2) is 21.1. The Morgan fingerprint density at radius 2 is 1.53 bits per heavy atom. The molecular formula is C37H55N5O5. The van der Waals surface area contributed by atoms with Crippen LogP contribution in [0.5, 0.6) is 5.75 Å². The van der Waals surface area contributed by atoms with E-state index in [4.69, 9.17) is 4.74 Å². The van der Waals surface area contributed by atoms with Gasteiger partial charge in [0.2, 0.25) is 17.7 Å². The number of nitrogens with zero attached hydrogens (tertiary/aromatic N) is 2. The van der Waals surface area contributed by atoms with Crippen LogP contribution >= 0.6 is 0 Å². The first-order valence-electron chi connectivity index (χ1n) is 17.3. The lowest BCUT2D eigenvalue weighted by Gasteiger charge is -2.28. The average Bonchev–Trinajstić information content (AvgIpc) is 3.06. The summed E-state index contributed by atoms with van der Waals surface area (Å²) in [4.78, 5) is 57.3. The van der Waals surface area contributed by atoms with Gasteiger partial charge in [-0.05, 0) is 51.1 Å². The fraction of sp³-hybridized carbons (Fsp3) is 0.568. The lowest BCUT2D eigenvalue weighted by molar-refractivity contribution is -0.139. The molecule has 47 heavy (non-hydrogen) atoms. The molecule has 10 nitrogen and oxygen atoms in total. The molecule has 0 aliphatic carbocycles. The van der Waals surface area contributed by atoms with E-state index < -0.39 is 18.0 Å². The highest BCUT2D eigenvalue weighted by atomic mass is 16.5. The summed E-state index contributed by atoms with van der Waals surface area (Å²) in [6, 6.07) is 15.0. The molecule has 0 saturated heterocycles. The zero-order valence-electron chi connectivity index (χ0n) is 28.6. The minimum Gasteiger partial charge on any atom is -0.493 e. The predicted molar refractivity (Wildman–Crippen MR) is 185 cm³/mol. The summed E-state index contributed by atoms with van der Waals surface area (Å²) < 4.78 is 6.02. The summed E-state index contributed by atoms with van der Waals surface area (Å²) in [6.07, 6.45) is 10.1. The van der Waals surface area contributed by atoms with Gasteiger partial charge in [-0.3, -0.25) is 19.2 Å². The van der Waals surface area contributed by atoms with E-state index in [0.717, 1.165) is 44.1 Å². The summed E-state index contributed by atoms with van der Waals surface area (Å²) in [6.45, 7) is 2.09. The van der Waals surface area contributed by atoms with Crippen molar-refractivity contribution >= 4 is 23.6 Å². The Morgan fingerprint density at radius 1 is 0.894 bits per heavy atom. The number of benzene rings is 2. The Bertz CT molecular complexity index is 1250. The quantitative estimate of drug-likeness (QED) is 0.429. The monoisotopic (exact) mass is 649 g/mol. The maximum atomic E-state index is 13.6. The third-order valence-corrected chi connectivity index (χ3v) is 8.57. The molecule has 4 amide bonds. The highest BCUT2D eigenvalue weighted by Gasteiger charge is 2.29. The zero-order chi connectivity index (χ0) is 33.9. The first kappa shape index (κ1) is 37.5. The molecule has 258 valence electrons. The van der Waals surface area contributed by atoms with Crippen LogP contribution in [0.25, 0.3) is 0 Å². The van der Waals surface area contributed by atoms with Crippen LogP contribution in [0, 0.1) is 0 Å². The van der Waals surface area contributed by atoms with Crippen LogP contribution in [0.15, 0.2) is 54.6 Å². The standard InChI is InChI=1S/C37H55N5O5/c1-41(2)26-25-39-36(45)31-22-23-34(43)42(3)32(28-29-18-12-11-13-19-29)37(46)38-24-16-9-7-5-4-6-8-10-17-27-47-33-21-15-14-20-30(33)35(44)40-31/h11-15,18-21,31-32H,4-10,16-17,22-28H2,1-3H3,(H,38,46)(H,39,45)(H,40,44)/t31-,32-/m0/s1. The van der Waals surface area contributed by atoms with E-state index in [1.165, 1.54) is 24.2 Å². The lowest BCUT2D eigenvalue weighted by atomic mass is 10.0. The van der Waals surface area contributed by atoms with Crippen LogP contribution < -0.4 is 20.7 Å². The maximum absolute atomic E-state index is 13.6. The Balaban J connectivity index is 1.80. The van der Waals surface area contributed by atoms with Crippen LogP contribution in [0.1, 0.15) is 86.6 Å². The number of rotatable bonds is 6. The number of hydrogen-bond acceptors (Lipinski definition) is 6. The molecule has 0 spiro atoms. The van der Waals surface area contributed by atoms with E-state index in [9.17, 15) is 19.2 Å². The SMILES string of the molecule is CN(C)CCNC(=O)[C@@H]1CCC(=O)N(C)[C@@H](Cc2ccccc2)C(=O)NCCCCCCCCCCCOc2ccccc2C(=O)N1. The van der Waals surface area contributed by atoms with Crippen molar-refractivity contribution in [3.8, 4) is 5.75 Å². The van der Waals surface area contributed by atoms with Crippen molar-refractivity contribution in [1.29, 1.82) is 0 Å². The van der Waals surface area contributed by atoms with Crippen molar-refractivity contribution in [3.63, 3.8) is 0 Å². The van der Waals surface area contributed by atoms with Crippen molar-refractivity contribution in [2.24, 2.45) is 0 Å². The summed E-state index contributed by atoms with van der Waals surface area (Å²) in [7, 11) is 5.46. The normalized spacial score (nSPS) is 20.3. The summed E-state index contributed by atoms with van der Waals surface area (Å²) in [5.41, 5.74) is 1.29.